The van der Waals surface area contributed by atoms with E-state index in [0.717, 1.165) is 5.69 Å². The second-order valence-electron chi connectivity index (χ2n) is 5.30. The van der Waals surface area contributed by atoms with Crippen LogP contribution in [-0.4, -0.2) is 15.2 Å². The van der Waals surface area contributed by atoms with Gasteiger partial charge in [0.25, 0.3) is 0 Å². The van der Waals surface area contributed by atoms with Gasteiger partial charge in [-0.1, -0.05) is 28.1 Å². The summed E-state index contributed by atoms with van der Waals surface area (Å²) < 4.78 is 14.9. The van der Waals surface area contributed by atoms with Crippen LogP contribution in [0.15, 0.2) is 59.2 Å². The van der Waals surface area contributed by atoms with Gasteiger partial charge in [-0.15, -0.1) is 10.2 Å². The second-order valence-corrected chi connectivity index (χ2v) is 6.22. The topological polar surface area (TPSA) is 65.7 Å². The average Bonchev–Trinajstić information content (AvgIpc) is 2.64. The first-order valence-electron chi connectivity index (χ1n) is 7.48. The molecule has 0 saturated carbocycles. The van der Waals surface area contributed by atoms with Crippen LogP contribution in [0.25, 0.3) is 0 Å². The fraction of sp³-hybridized carbons (Fsp3) is 0.111. The van der Waals surface area contributed by atoms with Crippen molar-refractivity contribution in [2.24, 2.45) is 0 Å². The Balaban J connectivity index is 1.91. The summed E-state index contributed by atoms with van der Waals surface area (Å²) in [6.45, 7) is 0.743. The van der Waals surface area contributed by atoms with Crippen LogP contribution >= 0.6 is 15.9 Å². The summed E-state index contributed by atoms with van der Waals surface area (Å²) >= 11 is 3.26. The van der Waals surface area contributed by atoms with Crippen molar-refractivity contribution in [1.82, 2.24) is 15.2 Å². The van der Waals surface area contributed by atoms with Gasteiger partial charge in [-0.2, -0.15) is 5.26 Å². The molecule has 0 N–H and O–H groups in total. The van der Waals surface area contributed by atoms with Gasteiger partial charge in [0.2, 0.25) is 0 Å². The second kappa shape index (κ2) is 7.81. The van der Waals surface area contributed by atoms with E-state index in [1.807, 2.05) is 29.2 Å². The lowest BCUT2D eigenvalue weighted by Crippen LogP contribution is -2.24. The Kier molecular flexibility index (Phi) is 5.31. The van der Waals surface area contributed by atoms with Gasteiger partial charge < -0.3 is 4.90 Å². The van der Waals surface area contributed by atoms with Crippen molar-refractivity contribution < 1.29 is 4.39 Å². The molecule has 0 amide bonds. The quantitative estimate of drug-likeness (QED) is 0.653. The monoisotopic (exact) mass is 397 g/mol. The Bertz CT molecular complexity index is 894. The molecule has 25 heavy (non-hydrogen) atoms. The van der Waals surface area contributed by atoms with Gasteiger partial charge in [0.05, 0.1) is 12.2 Å². The molecule has 0 unspecified atom stereocenters. The highest BCUT2D eigenvalue weighted by molar-refractivity contribution is 9.10. The molecule has 3 rings (SSSR count). The summed E-state index contributed by atoms with van der Waals surface area (Å²) in [5.41, 5.74) is 1.59. The molecular weight excluding hydrogens is 385 g/mol. The van der Waals surface area contributed by atoms with Crippen LogP contribution in [0.1, 0.15) is 17.0 Å². The van der Waals surface area contributed by atoms with Crippen LogP contribution in [0.5, 0.6) is 0 Å². The number of nitrogens with zero attached hydrogens (tertiary/aromatic N) is 5. The van der Waals surface area contributed by atoms with E-state index < -0.39 is 0 Å². The van der Waals surface area contributed by atoms with Gasteiger partial charge in [0.1, 0.15) is 11.9 Å². The predicted octanol–water partition coefficient (Wildman–Crippen LogP) is 3.85. The highest BCUT2D eigenvalue weighted by Gasteiger charge is 2.14. The molecule has 124 valence electrons. The van der Waals surface area contributed by atoms with E-state index >= 15 is 0 Å². The molecule has 0 fully saturated rings. The van der Waals surface area contributed by atoms with Gasteiger partial charge >= 0.3 is 0 Å². The lowest BCUT2D eigenvalue weighted by Gasteiger charge is -2.23. The first kappa shape index (κ1) is 17.0. The minimum atomic E-state index is -0.304. The number of benzene rings is 1. The normalized spacial score (nSPS) is 10.3. The largest absolute Gasteiger partial charge is 0.345 e. The van der Waals surface area contributed by atoms with Crippen molar-refractivity contribution in [1.29, 1.82) is 5.26 Å². The third-order valence-electron chi connectivity index (χ3n) is 3.54. The molecule has 0 bridgehead atoms. The van der Waals surface area contributed by atoms with Crippen LogP contribution in [0, 0.1) is 17.1 Å². The van der Waals surface area contributed by atoms with Gasteiger partial charge in [-0.25, -0.2) is 4.39 Å². The number of nitriles is 1. The van der Waals surface area contributed by atoms with E-state index in [2.05, 4.69) is 31.1 Å². The number of rotatable bonds is 5. The standard InChI is InChI=1S/C18H13BrFN5/c19-14-5-4-13(17(20)9-14)11-25(12-16-3-1-2-8-22-16)18-7-6-15(10-21)23-24-18/h1-9H,11-12H2. The third kappa shape index (κ3) is 4.37. The van der Waals surface area contributed by atoms with Crippen LogP contribution in [-0.2, 0) is 13.1 Å². The Morgan fingerprint density at radius 2 is 1.96 bits per heavy atom. The molecule has 5 nitrogen and oxygen atoms in total. The molecule has 0 aliphatic heterocycles. The van der Waals surface area contributed by atoms with Gasteiger partial charge in [0, 0.05) is 22.8 Å². The first-order valence-corrected chi connectivity index (χ1v) is 8.27. The molecule has 0 aliphatic carbocycles. The van der Waals surface area contributed by atoms with E-state index in [0.29, 0.717) is 28.9 Å². The highest BCUT2D eigenvalue weighted by Crippen LogP contribution is 2.21. The maximum Gasteiger partial charge on any atom is 0.163 e. The van der Waals surface area contributed by atoms with Crippen LogP contribution in [0.3, 0.4) is 0 Å². The highest BCUT2D eigenvalue weighted by atomic mass is 79.9. The molecule has 7 heteroatoms. The van der Waals surface area contributed by atoms with E-state index in [1.165, 1.54) is 6.07 Å². The molecule has 2 aromatic heterocycles. The van der Waals surface area contributed by atoms with Crippen molar-refractivity contribution in [2.75, 3.05) is 4.90 Å². The summed E-state index contributed by atoms with van der Waals surface area (Å²) in [6, 6.07) is 15.8. The van der Waals surface area contributed by atoms with E-state index in [9.17, 15) is 4.39 Å². The molecule has 3 aromatic rings. The number of halogens is 2. The number of hydrogen-bond donors (Lipinski definition) is 0. The maximum absolute atomic E-state index is 14.2. The Hall–Kier alpha value is -2.85. The fourth-order valence-electron chi connectivity index (χ4n) is 2.31. The summed E-state index contributed by atoms with van der Waals surface area (Å²) in [7, 11) is 0. The minimum Gasteiger partial charge on any atom is -0.345 e. The number of hydrogen-bond acceptors (Lipinski definition) is 5. The fourth-order valence-corrected chi connectivity index (χ4v) is 2.65. The lowest BCUT2D eigenvalue weighted by atomic mass is 10.2. The summed E-state index contributed by atoms with van der Waals surface area (Å²) in [5.74, 6) is 0.244. The lowest BCUT2D eigenvalue weighted by molar-refractivity contribution is 0.600. The SMILES string of the molecule is N#Cc1ccc(N(Cc2ccccn2)Cc2ccc(Br)cc2F)nn1. The zero-order valence-corrected chi connectivity index (χ0v) is 14.7. The minimum absolute atomic E-state index is 0.233. The third-order valence-corrected chi connectivity index (χ3v) is 4.04. The van der Waals surface area contributed by atoms with Crippen LogP contribution in [0.4, 0.5) is 10.2 Å². The summed E-state index contributed by atoms with van der Waals surface area (Å²) in [5, 5.41) is 16.8. The summed E-state index contributed by atoms with van der Waals surface area (Å²) in [6.07, 6.45) is 1.71. The van der Waals surface area contributed by atoms with E-state index in [1.54, 1.807) is 30.5 Å². The van der Waals surface area contributed by atoms with Gasteiger partial charge in [0.15, 0.2) is 11.5 Å². The molecule has 0 aliphatic rings. The summed E-state index contributed by atoms with van der Waals surface area (Å²) in [4.78, 5) is 6.18. The Labute approximate surface area is 152 Å². The van der Waals surface area contributed by atoms with Crippen molar-refractivity contribution in [3.63, 3.8) is 0 Å². The Morgan fingerprint density at radius 1 is 1.08 bits per heavy atom. The molecule has 1 aromatic carbocycles. The zero-order chi connectivity index (χ0) is 17.6. The molecular formula is C18H13BrFN5. The van der Waals surface area contributed by atoms with Gasteiger partial charge in [-0.05, 0) is 36.4 Å². The van der Waals surface area contributed by atoms with E-state index in [-0.39, 0.29) is 11.5 Å². The van der Waals surface area contributed by atoms with E-state index in [4.69, 9.17) is 5.26 Å². The van der Waals surface area contributed by atoms with Gasteiger partial charge in [-0.3, -0.25) is 4.98 Å². The average molecular weight is 398 g/mol. The van der Waals surface area contributed by atoms with Crippen molar-refractivity contribution in [2.45, 2.75) is 13.1 Å². The predicted molar refractivity (Wildman–Crippen MR) is 95.0 cm³/mol. The molecule has 0 atom stereocenters. The first-order chi connectivity index (χ1) is 12.2. The molecule has 0 radical (unpaired) electrons. The molecule has 0 saturated heterocycles. The molecule has 2 heterocycles. The van der Waals surface area contributed by atoms with Crippen molar-refractivity contribution in [3.05, 3.63) is 82.0 Å². The smallest absolute Gasteiger partial charge is 0.163 e. The van der Waals surface area contributed by atoms with Crippen LogP contribution < -0.4 is 4.90 Å². The Morgan fingerprint density at radius 3 is 2.60 bits per heavy atom. The molecule has 0 spiro atoms. The van der Waals surface area contributed by atoms with Crippen LogP contribution in [0.2, 0.25) is 0 Å². The zero-order valence-electron chi connectivity index (χ0n) is 13.1. The van der Waals surface area contributed by atoms with Crippen molar-refractivity contribution >= 4 is 21.7 Å². The number of anilines is 1. The maximum atomic E-state index is 14.2. The number of aromatic nitrogens is 3. The number of pyridine rings is 1. The van der Waals surface area contributed by atoms with Crippen molar-refractivity contribution in [3.8, 4) is 6.07 Å².